The highest BCUT2D eigenvalue weighted by atomic mass is 16.3. The van der Waals surface area contributed by atoms with Gasteiger partial charge in [0.2, 0.25) is 0 Å². The highest BCUT2D eigenvalue weighted by molar-refractivity contribution is 5.26. The van der Waals surface area contributed by atoms with Crippen molar-refractivity contribution in [3.8, 4) is 0 Å². The second kappa shape index (κ2) is 7.60. The molecule has 0 aromatic heterocycles. The summed E-state index contributed by atoms with van der Waals surface area (Å²) in [6.07, 6.45) is 17.8. The van der Waals surface area contributed by atoms with Crippen molar-refractivity contribution in [2.24, 2.45) is 40.4 Å². The minimum atomic E-state index is -0.0841. The van der Waals surface area contributed by atoms with Gasteiger partial charge in [-0.2, -0.15) is 0 Å². The second-order valence-electron chi connectivity index (χ2n) is 11.7. The summed E-state index contributed by atoms with van der Waals surface area (Å²) in [5.41, 5.74) is 4.21. The second-order valence-corrected chi connectivity index (χ2v) is 11.7. The number of aliphatic hydroxyl groups excluding tert-OH is 1. The van der Waals surface area contributed by atoms with Crippen LogP contribution in [0.4, 0.5) is 0 Å². The highest BCUT2D eigenvalue weighted by Crippen LogP contribution is 2.67. The molecule has 0 bridgehead atoms. The van der Waals surface area contributed by atoms with Gasteiger partial charge in [-0.15, -0.1) is 0 Å². The van der Waals surface area contributed by atoms with E-state index in [1.54, 1.807) is 11.1 Å². The van der Waals surface area contributed by atoms with E-state index in [2.05, 4.69) is 46.8 Å². The first-order chi connectivity index (χ1) is 13.3. The summed E-state index contributed by atoms with van der Waals surface area (Å²) in [5, 5.41) is 10.2. The van der Waals surface area contributed by atoms with Crippen molar-refractivity contribution < 1.29 is 5.11 Å². The minimum Gasteiger partial charge on any atom is -0.393 e. The fourth-order valence-corrected chi connectivity index (χ4v) is 8.18. The van der Waals surface area contributed by atoms with Crippen LogP contribution in [-0.2, 0) is 0 Å². The molecule has 4 aliphatic rings. The van der Waals surface area contributed by atoms with Crippen LogP contribution < -0.4 is 0 Å². The van der Waals surface area contributed by atoms with Gasteiger partial charge in [0.15, 0.2) is 0 Å². The van der Waals surface area contributed by atoms with E-state index >= 15 is 0 Å². The number of hydrogen-bond acceptors (Lipinski definition) is 1. The van der Waals surface area contributed by atoms with E-state index < -0.39 is 0 Å². The lowest BCUT2D eigenvalue weighted by molar-refractivity contribution is -0.0454. The summed E-state index contributed by atoms with van der Waals surface area (Å²) in [5.74, 6) is 4.28. The first kappa shape index (κ1) is 20.7. The highest BCUT2D eigenvalue weighted by Gasteiger charge is 2.58. The number of rotatable bonds is 4. The summed E-state index contributed by atoms with van der Waals surface area (Å²) >= 11 is 0. The van der Waals surface area contributed by atoms with Gasteiger partial charge in [0.25, 0.3) is 0 Å². The van der Waals surface area contributed by atoms with E-state index in [-0.39, 0.29) is 6.10 Å². The number of allylic oxidation sites excluding steroid dienone is 3. The van der Waals surface area contributed by atoms with Gasteiger partial charge in [-0.3, -0.25) is 0 Å². The van der Waals surface area contributed by atoms with E-state index in [4.69, 9.17) is 0 Å². The molecular weight excluding hydrogens is 342 g/mol. The minimum absolute atomic E-state index is 0.0841. The topological polar surface area (TPSA) is 20.2 Å². The van der Waals surface area contributed by atoms with E-state index in [0.29, 0.717) is 10.8 Å². The third kappa shape index (κ3) is 3.34. The molecule has 0 aromatic carbocycles. The Kier molecular flexibility index (Phi) is 5.62. The molecule has 3 fully saturated rings. The first-order valence-electron chi connectivity index (χ1n) is 12.3. The Morgan fingerprint density at radius 1 is 1.18 bits per heavy atom. The molecule has 0 aliphatic heterocycles. The van der Waals surface area contributed by atoms with Crippen molar-refractivity contribution >= 4 is 0 Å². The fraction of sp³-hybridized carbons (Fsp3) is 0.852. The Balaban J connectivity index is 1.54. The van der Waals surface area contributed by atoms with Gasteiger partial charge in [0.05, 0.1) is 6.10 Å². The zero-order chi connectivity index (χ0) is 20.1. The van der Waals surface area contributed by atoms with Crippen LogP contribution in [0.2, 0.25) is 0 Å². The van der Waals surface area contributed by atoms with Crippen LogP contribution in [0.3, 0.4) is 0 Å². The summed E-state index contributed by atoms with van der Waals surface area (Å²) in [6.45, 7) is 12.3. The van der Waals surface area contributed by atoms with E-state index in [1.165, 1.54) is 51.4 Å². The van der Waals surface area contributed by atoms with Crippen LogP contribution in [-0.4, -0.2) is 11.2 Å². The lowest BCUT2D eigenvalue weighted by atomic mass is 9.47. The summed E-state index contributed by atoms with van der Waals surface area (Å²) in [6, 6.07) is 0. The normalized spacial score (nSPS) is 46.0. The fourth-order valence-electron chi connectivity index (χ4n) is 8.18. The van der Waals surface area contributed by atoms with Crippen molar-refractivity contribution in [2.45, 2.75) is 105 Å². The van der Waals surface area contributed by atoms with Gasteiger partial charge in [-0.1, -0.05) is 51.0 Å². The maximum absolute atomic E-state index is 10.2. The maximum atomic E-state index is 10.2. The van der Waals surface area contributed by atoms with Crippen molar-refractivity contribution in [3.05, 3.63) is 23.3 Å². The van der Waals surface area contributed by atoms with Crippen LogP contribution in [0.15, 0.2) is 23.3 Å². The molecule has 1 nitrogen and oxygen atoms in total. The van der Waals surface area contributed by atoms with Crippen LogP contribution >= 0.6 is 0 Å². The van der Waals surface area contributed by atoms with Gasteiger partial charge >= 0.3 is 0 Å². The average molecular weight is 387 g/mol. The van der Waals surface area contributed by atoms with E-state index in [1.807, 2.05) is 0 Å². The van der Waals surface area contributed by atoms with Gasteiger partial charge in [-0.05, 0) is 112 Å². The van der Waals surface area contributed by atoms with Crippen molar-refractivity contribution in [3.63, 3.8) is 0 Å². The molecule has 0 radical (unpaired) electrons. The molecule has 4 aliphatic carbocycles. The number of fused-ring (bicyclic) bond motifs is 5. The van der Waals surface area contributed by atoms with Crippen LogP contribution in [0.5, 0.6) is 0 Å². The van der Waals surface area contributed by atoms with Gasteiger partial charge in [-0.25, -0.2) is 0 Å². The molecule has 1 N–H and O–H groups in total. The smallest absolute Gasteiger partial charge is 0.0577 e. The largest absolute Gasteiger partial charge is 0.393 e. The number of aliphatic hydroxyl groups is 1. The Hall–Kier alpha value is -0.560. The molecule has 0 aromatic rings. The Morgan fingerprint density at radius 3 is 2.71 bits per heavy atom. The van der Waals surface area contributed by atoms with Crippen LogP contribution in [0, 0.1) is 40.4 Å². The zero-order valence-electron chi connectivity index (χ0n) is 19.1. The molecule has 1 heteroatoms. The van der Waals surface area contributed by atoms with Crippen molar-refractivity contribution in [1.82, 2.24) is 0 Å². The quantitative estimate of drug-likeness (QED) is 0.502. The number of hydrogen-bond donors (Lipinski definition) is 1. The van der Waals surface area contributed by atoms with Crippen LogP contribution in [0.25, 0.3) is 0 Å². The molecule has 0 amide bonds. The molecule has 158 valence electrons. The molecule has 4 rings (SSSR count). The Morgan fingerprint density at radius 2 is 1.96 bits per heavy atom. The van der Waals surface area contributed by atoms with Crippen LogP contribution in [0.1, 0.15) is 98.8 Å². The average Bonchev–Trinajstić information content (AvgIpc) is 2.99. The molecule has 7 atom stereocenters. The Bertz CT molecular complexity index is 643. The molecule has 0 saturated heterocycles. The molecule has 3 saturated carbocycles. The molecule has 28 heavy (non-hydrogen) atoms. The molecule has 0 heterocycles. The van der Waals surface area contributed by atoms with Gasteiger partial charge in [0, 0.05) is 0 Å². The maximum Gasteiger partial charge on any atom is 0.0577 e. The monoisotopic (exact) mass is 386 g/mol. The van der Waals surface area contributed by atoms with Crippen molar-refractivity contribution in [1.29, 1.82) is 0 Å². The summed E-state index contributed by atoms with van der Waals surface area (Å²) < 4.78 is 0. The zero-order valence-corrected chi connectivity index (χ0v) is 19.1. The predicted octanol–water partition coefficient (Wildman–Crippen LogP) is 7.31. The van der Waals surface area contributed by atoms with Crippen molar-refractivity contribution in [2.75, 3.05) is 0 Å². The summed E-state index contributed by atoms with van der Waals surface area (Å²) in [4.78, 5) is 0. The SMILES string of the molecule is CC(C)CC/C=C(\[14CH3])[C@H]1CC[C@H]2[C@@H]3CC=C4C[C@@H](O)CC[C@]4(C)[C@H]3CC[C@]12C. The Labute approximate surface area is 174 Å². The summed E-state index contributed by atoms with van der Waals surface area (Å²) in [7, 11) is 0. The predicted molar refractivity (Wildman–Crippen MR) is 119 cm³/mol. The first-order valence-corrected chi connectivity index (χ1v) is 12.3. The van der Waals surface area contributed by atoms with Gasteiger partial charge in [0.1, 0.15) is 0 Å². The molecule has 0 unspecified atom stereocenters. The lowest BCUT2D eigenvalue weighted by Crippen LogP contribution is -2.50. The third-order valence-electron chi connectivity index (χ3n) is 9.84. The molecular formula is C27H44O. The lowest BCUT2D eigenvalue weighted by Gasteiger charge is -2.58. The third-order valence-corrected chi connectivity index (χ3v) is 9.84. The van der Waals surface area contributed by atoms with E-state index in [0.717, 1.165) is 42.4 Å². The molecule has 0 spiro atoms. The van der Waals surface area contributed by atoms with Gasteiger partial charge < -0.3 is 5.11 Å². The van der Waals surface area contributed by atoms with E-state index in [9.17, 15) is 5.11 Å². The standard InChI is InChI=1S/C27H44O/c1-18(2)7-6-8-19(3)23-11-12-24-22-10-9-20-17-21(28)13-15-26(20,4)25(22)14-16-27(23,24)5/h8-9,18,21-25,28H,6-7,10-17H2,1-5H3/b19-8+/t21-,22-,23+,24-,25-,26-,27+/m0/s1/i3+2.